The summed E-state index contributed by atoms with van der Waals surface area (Å²) in [6, 6.07) is 0. The quantitative estimate of drug-likeness (QED) is 0.445. The van der Waals surface area contributed by atoms with Gasteiger partial charge in [0.15, 0.2) is 0 Å². The van der Waals surface area contributed by atoms with E-state index in [4.69, 9.17) is 0 Å². The number of likely N-dealkylation sites (tertiary alicyclic amines) is 1. The highest BCUT2D eigenvalue weighted by molar-refractivity contribution is 5.03. The number of allylic oxidation sites excluding steroid dienone is 1. The SMILES string of the molecule is CC=C1CCN(C)CC1. The average Bonchev–Trinajstić information content (AvgIpc) is 1.90. The number of hydrogen-bond acceptors (Lipinski definition) is 1. The lowest BCUT2D eigenvalue weighted by atomic mass is 10.1. The molecule has 52 valence electrons. The van der Waals surface area contributed by atoms with Crippen molar-refractivity contribution in [2.45, 2.75) is 19.8 Å². The summed E-state index contributed by atoms with van der Waals surface area (Å²) in [5.74, 6) is 0. The zero-order valence-corrected chi connectivity index (χ0v) is 6.35. The van der Waals surface area contributed by atoms with Crippen molar-refractivity contribution in [2.24, 2.45) is 0 Å². The van der Waals surface area contributed by atoms with Crippen LogP contribution in [0.1, 0.15) is 19.8 Å². The molecule has 0 saturated carbocycles. The van der Waals surface area contributed by atoms with E-state index in [1.54, 1.807) is 5.57 Å². The Hall–Kier alpha value is -0.300. The van der Waals surface area contributed by atoms with Crippen molar-refractivity contribution < 1.29 is 0 Å². The molecule has 0 N–H and O–H groups in total. The van der Waals surface area contributed by atoms with E-state index in [9.17, 15) is 0 Å². The molecule has 0 aromatic heterocycles. The van der Waals surface area contributed by atoms with Crippen LogP contribution < -0.4 is 0 Å². The fraction of sp³-hybridized carbons (Fsp3) is 0.750. The summed E-state index contributed by atoms with van der Waals surface area (Å²) in [4.78, 5) is 2.38. The summed E-state index contributed by atoms with van der Waals surface area (Å²) in [6.07, 6.45) is 4.83. The molecule has 0 radical (unpaired) electrons. The van der Waals surface area contributed by atoms with Crippen molar-refractivity contribution in [3.63, 3.8) is 0 Å². The van der Waals surface area contributed by atoms with Crippen molar-refractivity contribution in [2.75, 3.05) is 20.1 Å². The molecule has 0 aromatic rings. The van der Waals surface area contributed by atoms with Crippen LogP contribution in [-0.4, -0.2) is 25.0 Å². The van der Waals surface area contributed by atoms with Crippen molar-refractivity contribution in [3.05, 3.63) is 11.6 Å². The van der Waals surface area contributed by atoms with Crippen LogP contribution in [0.5, 0.6) is 0 Å². The molecule has 0 spiro atoms. The predicted molar refractivity (Wildman–Crippen MR) is 40.5 cm³/mol. The monoisotopic (exact) mass is 125 g/mol. The van der Waals surface area contributed by atoms with Crippen LogP contribution in [0, 0.1) is 0 Å². The van der Waals surface area contributed by atoms with E-state index >= 15 is 0 Å². The Morgan fingerprint density at radius 2 is 1.89 bits per heavy atom. The molecule has 9 heavy (non-hydrogen) atoms. The normalized spacial score (nSPS) is 22.2. The van der Waals surface area contributed by atoms with Crippen LogP contribution in [0.15, 0.2) is 11.6 Å². The van der Waals surface area contributed by atoms with Gasteiger partial charge in [0.1, 0.15) is 0 Å². The molecule has 1 heterocycles. The fourth-order valence-electron chi connectivity index (χ4n) is 1.19. The molecule has 0 amide bonds. The summed E-state index contributed by atoms with van der Waals surface area (Å²) in [5, 5.41) is 0. The first-order valence-corrected chi connectivity index (χ1v) is 3.65. The molecule has 0 bridgehead atoms. The topological polar surface area (TPSA) is 3.24 Å². The molecule has 0 unspecified atom stereocenters. The number of hydrogen-bond donors (Lipinski definition) is 0. The molecule has 1 aliphatic heterocycles. The van der Waals surface area contributed by atoms with Gasteiger partial charge in [0, 0.05) is 13.1 Å². The summed E-state index contributed by atoms with van der Waals surface area (Å²) >= 11 is 0. The largest absolute Gasteiger partial charge is 0.306 e. The summed E-state index contributed by atoms with van der Waals surface area (Å²) < 4.78 is 0. The molecule has 1 aliphatic rings. The van der Waals surface area contributed by atoms with E-state index in [1.807, 2.05) is 0 Å². The number of nitrogens with zero attached hydrogens (tertiary/aromatic N) is 1. The standard InChI is InChI=1S/C8H15N/c1-3-8-4-6-9(2)7-5-8/h3H,4-7H2,1-2H3. The van der Waals surface area contributed by atoms with Gasteiger partial charge in [0.2, 0.25) is 0 Å². The van der Waals surface area contributed by atoms with Crippen LogP contribution in [-0.2, 0) is 0 Å². The smallest absolute Gasteiger partial charge is 0.00157 e. The maximum absolute atomic E-state index is 2.38. The molecule has 1 heteroatoms. The van der Waals surface area contributed by atoms with Gasteiger partial charge in [-0.05, 0) is 26.8 Å². The van der Waals surface area contributed by atoms with Gasteiger partial charge in [-0.1, -0.05) is 11.6 Å². The Morgan fingerprint density at radius 1 is 1.33 bits per heavy atom. The van der Waals surface area contributed by atoms with E-state index in [-0.39, 0.29) is 0 Å². The first-order valence-electron chi connectivity index (χ1n) is 3.65. The van der Waals surface area contributed by atoms with Gasteiger partial charge < -0.3 is 4.90 Å². The summed E-state index contributed by atoms with van der Waals surface area (Å²) in [5.41, 5.74) is 1.63. The second-order valence-corrected chi connectivity index (χ2v) is 2.75. The summed E-state index contributed by atoms with van der Waals surface area (Å²) in [6.45, 7) is 4.64. The van der Waals surface area contributed by atoms with Gasteiger partial charge in [0.25, 0.3) is 0 Å². The second kappa shape index (κ2) is 3.02. The molecular formula is C8H15N. The highest BCUT2D eigenvalue weighted by Gasteiger charge is 2.07. The van der Waals surface area contributed by atoms with Gasteiger partial charge in [-0.15, -0.1) is 0 Å². The highest BCUT2D eigenvalue weighted by atomic mass is 15.1. The van der Waals surface area contributed by atoms with E-state index in [1.165, 1.54) is 25.9 Å². The molecule has 1 saturated heterocycles. The second-order valence-electron chi connectivity index (χ2n) is 2.75. The molecule has 1 rings (SSSR count). The molecule has 0 aromatic carbocycles. The van der Waals surface area contributed by atoms with E-state index in [0.717, 1.165) is 0 Å². The third-order valence-electron chi connectivity index (χ3n) is 2.04. The van der Waals surface area contributed by atoms with Crippen molar-refractivity contribution >= 4 is 0 Å². The zero-order valence-electron chi connectivity index (χ0n) is 6.35. The van der Waals surface area contributed by atoms with Gasteiger partial charge in [-0.3, -0.25) is 0 Å². The minimum Gasteiger partial charge on any atom is -0.306 e. The maximum atomic E-state index is 2.38. The van der Waals surface area contributed by atoms with Crippen LogP contribution in [0.4, 0.5) is 0 Å². The van der Waals surface area contributed by atoms with E-state index in [2.05, 4.69) is 24.9 Å². The fourth-order valence-corrected chi connectivity index (χ4v) is 1.19. The lowest BCUT2D eigenvalue weighted by Crippen LogP contribution is -2.26. The van der Waals surface area contributed by atoms with Gasteiger partial charge in [0.05, 0.1) is 0 Å². The first-order chi connectivity index (χ1) is 4.33. The molecule has 0 aliphatic carbocycles. The van der Waals surface area contributed by atoms with E-state index < -0.39 is 0 Å². The zero-order chi connectivity index (χ0) is 6.69. The Morgan fingerprint density at radius 3 is 2.33 bits per heavy atom. The van der Waals surface area contributed by atoms with Crippen molar-refractivity contribution in [1.29, 1.82) is 0 Å². The van der Waals surface area contributed by atoms with Crippen LogP contribution in [0.25, 0.3) is 0 Å². The first kappa shape index (κ1) is 6.81. The maximum Gasteiger partial charge on any atom is 0.00157 e. The number of piperidine rings is 1. The number of rotatable bonds is 0. The van der Waals surface area contributed by atoms with Crippen LogP contribution in [0.2, 0.25) is 0 Å². The molecule has 1 fully saturated rings. The van der Waals surface area contributed by atoms with Gasteiger partial charge in [-0.2, -0.15) is 0 Å². The van der Waals surface area contributed by atoms with Gasteiger partial charge >= 0.3 is 0 Å². The van der Waals surface area contributed by atoms with Crippen LogP contribution in [0.3, 0.4) is 0 Å². The average molecular weight is 125 g/mol. The van der Waals surface area contributed by atoms with Crippen LogP contribution >= 0.6 is 0 Å². The Balaban J connectivity index is 2.35. The van der Waals surface area contributed by atoms with E-state index in [0.29, 0.717) is 0 Å². The third-order valence-corrected chi connectivity index (χ3v) is 2.04. The third kappa shape index (κ3) is 1.83. The Labute approximate surface area is 57.4 Å². The predicted octanol–water partition coefficient (Wildman–Crippen LogP) is 1.66. The minimum atomic E-state index is 1.25. The van der Waals surface area contributed by atoms with Gasteiger partial charge in [-0.25, -0.2) is 0 Å². The lowest BCUT2D eigenvalue weighted by molar-refractivity contribution is 0.312. The highest BCUT2D eigenvalue weighted by Crippen LogP contribution is 2.13. The lowest BCUT2D eigenvalue weighted by Gasteiger charge is -2.23. The Bertz CT molecular complexity index is 106. The molecule has 1 nitrogen and oxygen atoms in total. The van der Waals surface area contributed by atoms with Crippen molar-refractivity contribution in [1.82, 2.24) is 4.90 Å². The summed E-state index contributed by atoms with van der Waals surface area (Å²) in [7, 11) is 2.19. The molecule has 0 atom stereocenters. The van der Waals surface area contributed by atoms with Crippen molar-refractivity contribution in [3.8, 4) is 0 Å². The Kier molecular flexibility index (Phi) is 2.29. The minimum absolute atomic E-state index is 1.25. The molecular weight excluding hydrogens is 110 g/mol.